The van der Waals surface area contributed by atoms with Crippen LogP contribution in [-0.4, -0.2) is 40.4 Å². The van der Waals surface area contributed by atoms with Gasteiger partial charge in [-0.1, -0.05) is 0 Å². The van der Waals surface area contributed by atoms with E-state index in [1.165, 1.54) is 0 Å². The Morgan fingerprint density at radius 1 is 1.27 bits per heavy atom. The second kappa shape index (κ2) is 7.97. The lowest BCUT2D eigenvalue weighted by Crippen LogP contribution is -2.42. The number of pyridine rings is 1. The molecule has 158 valence electrons. The zero-order chi connectivity index (χ0) is 21.4. The van der Waals surface area contributed by atoms with Crippen LogP contribution in [0.1, 0.15) is 31.0 Å². The zero-order valence-corrected chi connectivity index (χ0v) is 18.2. The van der Waals surface area contributed by atoms with E-state index in [-0.39, 0.29) is 18.6 Å². The second-order valence-electron chi connectivity index (χ2n) is 8.04. The topological polar surface area (TPSA) is 69.5 Å². The van der Waals surface area contributed by atoms with Crippen molar-refractivity contribution >= 4 is 22.6 Å². The maximum absolute atomic E-state index is 13.2. The van der Waals surface area contributed by atoms with E-state index in [0.717, 1.165) is 46.6 Å². The monoisotopic (exact) mass is 408 g/mol. The largest absolute Gasteiger partial charge is 0.497 e. The number of carbonyl (C=O) groups is 1. The Labute approximate surface area is 176 Å². The minimum atomic E-state index is -0.0870. The maximum Gasteiger partial charge on any atom is 0.265 e. The van der Waals surface area contributed by atoms with E-state index in [2.05, 4.69) is 17.0 Å². The zero-order valence-electron chi connectivity index (χ0n) is 18.2. The first-order chi connectivity index (χ1) is 14.4. The van der Waals surface area contributed by atoms with Gasteiger partial charge in [0.1, 0.15) is 5.75 Å². The number of hydrogen-bond acceptors (Lipinski definition) is 5. The predicted molar refractivity (Wildman–Crippen MR) is 116 cm³/mol. The summed E-state index contributed by atoms with van der Waals surface area (Å²) in [6, 6.07) is 9.70. The molecule has 0 saturated heterocycles. The van der Waals surface area contributed by atoms with Crippen molar-refractivity contribution in [1.29, 1.82) is 0 Å². The van der Waals surface area contributed by atoms with Crippen molar-refractivity contribution < 1.29 is 14.3 Å². The average molecular weight is 409 g/mol. The van der Waals surface area contributed by atoms with Gasteiger partial charge in [-0.25, -0.2) is 9.67 Å². The van der Waals surface area contributed by atoms with Crippen molar-refractivity contribution in [2.75, 3.05) is 18.6 Å². The molecule has 0 spiro atoms. The highest BCUT2D eigenvalue weighted by atomic mass is 16.5. The van der Waals surface area contributed by atoms with Gasteiger partial charge in [-0.2, -0.15) is 0 Å². The van der Waals surface area contributed by atoms with Crippen LogP contribution in [0.25, 0.3) is 11.0 Å². The molecule has 7 nitrogen and oxygen atoms in total. The lowest BCUT2D eigenvalue weighted by atomic mass is 10.1. The van der Waals surface area contributed by atoms with Gasteiger partial charge in [-0.05, 0) is 75.4 Å². The van der Waals surface area contributed by atoms with Crippen LogP contribution in [0, 0.1) is 19.8 Å². The fraction of sp³-hybridized carbons (Fsp3) is 0.435. The molecule has 1 aliphatic rings. The van der Waals surface area contributed by atoms with Crippen LogP contribution >= 0.6 is 0 Å². The molecule has 1 saturated carbocycles. The molecule has 1 fully saturated rings. The van der Waals surface area contributed by atoms with E-state index in [1.807, 2.05) is 56.1 Å². The fourth-order valence-corrected chi connectivity index (χ4v) is 3.99. The average Bonchev–Trinajstić information content (AvgIpc) is 3.52. The molecule has 1 aromatic carbocycles. The Bertz CT molecular complexity index is 1070. The van der Waals surface area contributed by atoms with Crippen LogP contribution in [0.2, 0.25) is 0 Å². The predicted octanol–water partition coefficient (Wildman–Crippen LogP) is 3.80. The molecule has 1 aliphatic carbocycles. The first-order valence-electron chi connectivity index (χ1n) is 10.3. The molecule has 7 heteroatoms. The normalized spacial score (nSPS) is 14.6. The number of amides is 1. The number of anilines is 1. The highest BCUT2D eigenvalue weighted by Gasteiger charge is 2.35. The summed E-state index contributed by atoms with van der Waals surface area (Å²) >= 11 is 0. The molecule has 4 rings (SSSR count). The Kier molecular flexibility index (Phi) is 5.37. The number of ether oxygens (including phenoxy) is 2. The third-order valence-electron chi connectivity index (χ3n) is 5.75. The van der Waals surface area contributed by atoms with Crippen LogP contribution < -0.4 is 14.4 Å². The van der Waals surface area contributed by atoms with Crippen LogP contribution in [0.4, 0.5) is 5.69 Å². The summed E-state index contributed by atoms with van der Waals surface area (Å²) in [5.41, 5.74) is 3.57. The van der Waals surface area contributed by atoms with Crippen LogP contribution in [-0.2, 0) is 11.8 Å². The number of carbonyl (C=O) groups excluding carboxylic acids is 1. The number of aryl methyl sites for hydroxylation is 3. The van der Waals surface area contributed by atoms with Gasteiger partial charge in [-0.3, -0.25) is 4.79 Å². The standard InChI is InChI=1S/C23H28N4O3/c1-14-12-15(2)24-22-21(14)23(25-26(22)4)30-13-20(28)27(16(3)17-6-7-17)18-8-10-19(29-5)11-9-18/h8-12,16-17H,6-7,13H2,1-5H3. The summed E-state index contributed by atoms with van der Waals surface area (Å²) in [7, 11) is 3.47. The van der Waals surface area contributed by atoms with Crippen molar-refractivity contribution in [2.24, 2.45) is 13.0 Å². The van der Waals surface area contributed by atoms with E-state index in [0.29, 0.717) is 11.8 Å². The van der Waals surface area contributed by atoms with E-state index >= 15 is 0 Å². The first kappa shape index (κ1) is 20.2. The molecular weight excluding hydrogens is 380 g/mol. The quantitative estimate of drug-likeness (QED) is 0.595. The van der Waals surface area contributed by atoms with Crippen molar-refractivity contribution in [3.05, 3.63) is 41.6 Å². The lowest BCUT2D eigenvalue weighted by Gasteiger charge is -2.29. The summed E-state index contributed by atoms with van der Waals surface area (Å²) in [4.78, 5) is 19.6. The number of nitrogens with zero attached hydrogens (tertiary/aromatic N) is 4. The molecule has 30 heavy (non-hydrogen) atoms. The van der Waals surface area contributed by atoms with Gasteiger partial charge in [0.25, 0.3) is 5.91 Å². The minimum absolute atomic E-state index is 0.0808. The summed E-state index contributed by atoms with van der Waals surface area (Å²) < 4.78 is 12.9. The summed E-state index contributed by atoms with van der Waals surface area (Å²) in [6.07, 6.45) is 2.30. The van der Waals surface area contributed by atoms with Gasteiger partial charge in [0, 0.05) is 24.5 Å². The van der Waals surface area contributed by atoms with Gasteiger partial charge < -0.3 is 14.4 Å². The number of rotatable bonds is 7. The Balaban J connectivity index is 1.58. The molecule has 1 amide bonds. The molecular formula is C23H28N4O3. The molecule has 0 N–H and O–H groups in total. The number of aromatic nitrogens is 3. The number of benzene rings is 1. The third-order valence-corrected chi connectivity index (χ3v) is 5.75. The van der Waals surface area contributed by atoms with Crippen molar-refractivity contribution in [1.82, 2.24) is 14.8 Å². The number of methoxy groups -OCH3 is 1. The summed E-state index contributed by atoms with van der Waals surface area (Å²) in [5.74, 6) is 1.65. The molecule has 0 radical (unpaired) electrons. The third kappa shape index (κ3) is 3.84. The van der Waals surface area contributed by atoms with Gasteiger partial charge in [-0.15, -0.1) is 5.10 Å². The van der Waals surface area contributed by atoms with E-state index in [9.17, 15) is 4.79 Å². The van der Waals surface area contributed by atoms with Crippen molar-refractivity contribution in [3.8, 4) is 11.6 Å². The van der Waals surface area contributed by atoms with Gasteiger partial charge in [0.15, 0.2) is 12.3 Å². The highest BCUT2D eigenvalue weighted by molar-refractivity contribution is 5.95. The number of fused-ring (bicyclic) bond motifs is 1. The molecule has 2 heterocycles. The van der Waals surface area contributed by atoms with Gasteiger partial charge in [0.05, 0.1) is 12.5 Å². The van der Waals surface area contributed by atoms with Gasteiger partial charge >= 0.3 is 0 Å². The van der Waals surface area contributed by atoms with Crippen LogP contribution in [0.5, 0.6) is 11.6 Å². The van der Waals surface area contributed by atoms with E-state index in [1.54, 1.807) is 11.8 Å². The molecule has 2 aromatic heterocycles. The highest BCUT2D eigenvalue weighted by Crippen LogP contribution is 2.37. The smallest absolute Gasteiger partial charge is 0.265 e. The first-order valence-corrected chi connectivity index (χ1v) is 10.3. The van der Waals surface area contributed by atoms with E-state index in [4.69, 9.17) is 9.47 Å². The molecule has 0 bridgehead atoms. The SMILES string of the molecule is COc1ccc(N(C(=O)COc2nn(C)c3nc(C)cc(C)c23)C(C)C2CC2)cc1. The molecule has 1 atom stereocenters. The lowest BCUT2D eigenvalue weighted by molar-refractivity contribution is -0.121. The minimum Gasteiger partial charge on any atom is -0.497 e. The van der Waals surface area contributed by atoms with Gasteiger partial charge in [0.2, 0.25) is 5.88 Å². The van der Waals surface area contributed by atoms with Crippen LogP contribution in [0.3, 0.4) is 0 Å². The summed E-state index contributed by atoms with van der Waals surface area (Å²) in [5, 5.41) is 5.30. The number of hydrogen-bond donors (Lipinski definition) is 0. The Hall–Kier alpha value is -3.09. The Morgan fingerprint density at radius 3 is 2.60 bits per heavy atom. The summed E-state index contributed by atoms with van der Waals surface area (Å²) in [6.45, 7) is 5.98. The van der Waals surface area contributed by atoms with Crippen molar-refractivity contribution in [2.45, 2.75) is 39.7 Å². The molecule has 0 aliphatic heterocycles. The molecule has 1 unspecified atom stereocenters. The fourth-order valence-electron chi connectivity index (χ4n) is 3.99. The van der Waals surface area contributed by atoms with Crippen LogP contribution in [0.15, 0.2) is 30.3 Å². The second-order valence-corrected chi connectivity index (χ2v) is 8.04. The van der Waals surface area contributed by atoms with Crippen molar-refractivity contribution in [3.63, 3.8) is 0 Å². The van der Waals surface area contributed by atoms with E-state index < -0.39 is 0 Å². The maximum atomic E-state index is 13.2. The molecule has 3 aromatic rings. The Morgan fingerprint density at radius 2 is 1.97 bits per heavy atom.